The van der Waals surface area contributed by atoms with Gasteiger partial charge in [-0.1, -0.05) is 18.2 Å². The number of hydrogen-bond donors (Lipinski definition) is 1. The van der Waals surface area contributed by atoms with Gasteiger partial charge >= 0.3 is 0 Å². The highest BCUT2D eigenvalue weighted by molar-refractivity contribution is 5.96. The number of amides is 1. The fourth-order valence-corrected chi connectivity index (χ4v) is 2.68. The summed E-state index contributed by atoms with van der Waals surface area (Å²) in [5, 5.41) is 0. The molecule has 21 heavy (non-hydrogen) atoms. The Morgan fingerprint density at radius 3 is 2.62 bits per heavy atom. The topological polar surface area (TPSA) is 46.3 Å². The van der Waals surface area contributed by atoms with Gasteiger partial charge in [-0.3, -0.25) is 4.79 Å². The molecule has 1 aliphatic heterocycles. The number of halogens is 1. The van der Waals surface area contributed by atoms with Crippen molar-refractivity contribution >= 4 is 17.3 Å². The lowest BCUT2D eigenvalue weighted by Gasteiger charge is -2.29. The highest BCUT2D eigenvalue weighted by Crippen LogP contribution is 2.28. The molecule has 0 bridgehead atoms. The van der Waals surface area contributed by atoms with Crippen molar-refractivity contribution in [2.45, 2.75) is 19.3 Å². The molecule has 0 spiro atoms. The minimum Gasteiger partial charge on any atom is -0.399 e. The van der Waals surface area contributed by atoms with Crippen LogP contribution in [0.4, 0.5) is 15.8 Å². The molecule has 108 valence electrons. The molecule has 0 aliphatic carbocycles. The van der Waals surface area contributed by atoms with Gasteiger partial charge in [-0.2, -0.15) is 0 Å². The van der Waals surface area contributed by atoms with E-state index in [9.17, 15) is 9.18 Å². The van der Waals surface area contributed by atoms with Crippen LogP contribution in [0, 0.1) is 5.82 Å². The van der Waals surface area contributed by atoms with Crippen LogP contribution in [0.3, 0.4) is 0 Å². The molecule has 2 aromatic rings. The molecule has 4 heteroatoms. The highest BCUT2D eigenvalue weighted by atomic mass is 19.1. The molecule has 3 nitrogen and oxygen atoms in total. The quantitative estimate of drug-likeness (QED) is 0.881. The second-order valence-corrected chi connectivity index (χ2v) is 5.31. The molecular weight excluding hydrogens is 267 g/mol. The highest BCUT2D eigenvalue weighted by Gasteiger charge is 2.24. The fraction of sp³-hybridized carbons (Fsp3) is 0.235. The lowest BCUT2D eigenvalue weighted by atomic mass is 10.0. The molecule has 0 aromatic heterocycles. The van der Waals surface area contributed by atoms with Crippen molar-refractivity contribution < 1.29 is 9.18 Å². The molecule has 1 amide bonds. The number of nitrogen functional groups attached to an aromatic ring is 1. The summed E-state index contributed by atoms with van der Waals surface area (Å²) in [6, 6.07) is 12.3. The van der Waals surface area contributed by atoms with E-state index >= 15 is 0 Å². The number of anilines is 2. The van der Waals surface area contributed by atoms with Gasteiger partial charge in [0.15, 0.2) is 0 Å². The molecule has 1 aliphatic rings. The van der Waals surface area contributed by atoms with Crippen molar-refractivity contribution in [1.82, 2.24) is 0 Å². The molecule has 0 atom stereocenters. The average molecular weight is 284 g/mol. The van der Waals surface area contributed by atoms with Crippen molar-refractivity contribution in [3.63, 3.8) is 0 Å². The van der Waals surface area contributed by atoms with Gasteiger partial charge in [0.2, 0.25) is 5.91 Å². The summed E-state index contributed by atoms with van der Waals surface area (Å²) < 4.78 is 13.5. The summed E-state index contributed by atoms with van der Waals surface area (Å²) in [6.07, 6.45) is 1.90. The van der Waals surface area contributed by atoms with Gasteiger partial charge in [0.1, 0.15) is 5.82 Å². The van der Waals surface area contributed by atoms with Crippen molar-refractivity contribution in [2.75, 3.05) is 17.2 Å². The standard InChI is InChI=1S/C17H17FN2O/c18-14-5-3-13-4-8-17(21)20(16(13)11-14)10-9-12-1-6-15(19)7-2-12/h1-3,5-7,11H,4,8-10,19H2. The van der Waals surface area contributed by atoms with Gasteiger partial charge in [0.05, 0.1) is 0 Å². The zero-order chi connectivity index (χ0) is 14.8. The van der Waals surface area contributed by atoms with Gasteiger partial charge in [-0.05, 0) is 48.2 Å². The van der Waals surface area contributed by atoms with E-state index in [1.807, 2.05) is 24.3 Å². The van der Waals surface area contributed by atoms with Gasteiger partial charge in [0.25, 0.3) is 0 Å². The predicted octanol–water partition coefficient (Wildman–Crippen LogP) is 2.93. The van der Waals surface area contributed by atoms with Gasteiger partial charge in [-0.15, -0.1) is 0 Å². The van der Waals surface area contributed by atoms with Gasteiger partial charge in [-0.25, -0.2) is 4.39 Å². The Balaban J connectivity index is 1.80. The molecule has 2 aromatic carbocycles. The molecule has 0 saturated carbocycles. The van der Waals surface area contributed by atoms with Crippen molar-refractivity contribution in [2.24, 2.45) is 0 Å². The minimum atomic E-state index is -0.305. The van der Waals surface area contributed by atoms with Crippen LogP contribution in [-0.4, -0.2) is 12.5 Å². The number of rotatable bonds is 3. The number of benzene rings is 2. The summed E-state index contributed by atoms with van der Waals surface area (Å²) in [6.45, 7) is 0.555. The van der Waals surface area contributed by atoms with E-state index < -0.39 is 0 Å². The number of fused-ring (bicyclic) bond motifs is 1. The third-order valence-electron chi connectivity index (χ3n) is 3.85. The summed E-state index contributed by atoms with van der Waals surface area (Å²) in [5.74, 6) is -0.246. The minimum absolute atomic E-state index is 0.0588. The monoisotopic (exact) mass is 284 g/mol. The molecule has 0 unspecified atom stereocenters. The van der Waals surface area contributed by atoms with Crippen molar-refractivity contribution in [3.05, 3.63) is 59.4 Å². The summed E-state index contributed by atoms with van der Waals surface area (Å²) in [7, 11) is 0. The maximum absolute atomic E-state index is 13.5. The Labute approximate surface area is 123 Å². The summed E-state index contributed by atoms with van der Waals surface area (Å²) in [4.78, 5) is 13.8. The molecule has 0 radical (unpaired) electrons. The predicted molar refractivity (Wildman–Crippen MR) is 81.6 cm³/mol. The zero-order valence-electron chi connectivity index (χ0n) is 11.7. The Bertz CT molecular complexity index is 667. The van der Waals surface area contributed by atoms with Crippen LogP contribution in [0.1, 0.15) is 17.5 Å². The summed E-state index contributed by atoms with van der Waals surface area (Å²) in [5.41, 5.74) is 9.24. The Hall–Kier alpha value is -2.36. The molecule has 3 rings (SSSR count). The lowest BCUT2D eigenvalue weighted by Crippen LogP contribution is -2.36. The average Bonchev–Trinajstić information content (AvgIpc) is 2.48. The van der Waals surface area contributed by atoms with E-state index in [-0.39, 0.29) is 11.7 Å². The zero-order valence-corrected chi connectivity index (χ0v) is 11.7. The Morgan fingerprint density at radius 1 is 1.10 bits per heavy atom. The summed E-state index contributed by atoms with van der Waals surface area (Å²) >= 11 is 0. The van der Waals surface area contributed by atoms with Crippen LogP contribution in [0.15, 0.2) is 42.5 Å². The molecule has 1 heterocycles. The maximum atomic E-state index is 13.5. The largest absolute Gasteiger partial charge is 0.399 e. The Morgan fingerprint density at radius 2 is 1.86 bits per heavy atom. The molecule has 0 saturated heterocycles. The number of nitrogens with zero attached hydrogens (tertiary/aromatic N) is 1. The Kier molecular flexibility index (Phi) is 3.60. The second-order valence-electron chi connectivity index (χ2n) is 5.31. The number of hydrogen-bond acceptors (Lipinski definition) is 2. The molecule has 2 N–H and O–H groups in total. The first-order valence-electron chi connectivity index (χ1n) is 7.07. The van der Waals surface area contributed by atoms with Crippen LogP contribution in [-0.2, 0) is 17.6 Å². The van der Waals surface area contributed by atoms with Crippen LogP contribution < -0.4 is 10.6 Å². The van der Waals surface area contributed by atoms with E-state index in [4.69, 9.17) is 5.73 Å². The van der Waals surface area contributed by atoms with Crippen LogP contribution in [0.2, 0.25) is 0 Å². The van der Waals surface area contributed by atoms with E-state index in [0.717, 1.165) is 23.2 Å². The number of aryl methyl sites for hydroxylation is 1. The van der Waals surface area contributed by atoms with Gasteiger partial charge in [0, 0.05) is 24.3 Å². The molecule has 0 fully saturated rings. The smallest absolute Gasteiger partial charge is 0.227 e. The van der Waals surface area contributed by atoms with Gasteiger partial charge < -0.3 is 10.6 Å². The van der Waals surface area contributed by atoms with E-state index in [0.29, 0.717) is 25.1 Å². The first-order valence-corrected chi connectivity index (χ1v) is 7.07. The van der Waals surface area contributed by atoms with E-state index in [1.165, 1.54) is 12.1 Å². The lowest BCUT2D eigenvalue weighted by molar-refractivity contribution is -0.118. The fourth-order valence-electron chi connectivity index (χ4n) is 2.68. The van der Waals surface area contributed by atoms with Crippen LogP contribution in [0.5, 0.6) is 0 Å². The number of carbonyl (C=O) groups excluding carboxylic acids is 1. The van der Waals surface area contributed by atoms with Crippen molar-refractivity contribution in [1.29, 1.82) is 0 Å². The SMILES string of the molecule is Nc1ccc(CCN2C(=O)CCc3ccc(F)cc32)cc1. The first kappa shape index (κ1) is 13.6. The van der Waals surface area contributed by atoms with Crippen LogP contribution >= 0.6 is 0 Å². The maximum Gasteiger partial charge on any atom is 0.227 e. The number of carbonyl (C=O) groups is 1. The van der Waals surface area contributed by atoms with Crippen LogP contribution in [0.25, 0.3) is 0 Å². The third kappa shape index (κ3) is 2.89. The second kappa shape index (κ2) is 5.56. The third-order valence-corrected chi connectivity index (χ3v) is 3.85. The normalized spacial score (nSPS) is 14.1. The number of nitrogens with two attached hydrogens (primary N) is 1. The van der Waals surface area contributed by atoms with E-state index in [1.54, 1.807) is 11.0 Å². The van der Waals surface area contributed by atoms with Crippen molar-refractivity contribution in [3.8, 4) is 0 Å². The molecular formula is C17H17FN2O. The first-order chi connectivity index (χ1) is 10.1. The van der Waals surface area contributed by atoms with E-state index in [2.05, 4.69) is 0 Å².